The molecule has 22 heavy (non-hydrogen) atoms. The molecule has 0 unspecified atom stereocenters. The van der Waals surface area contributed by atoms with Crippen LogP contribution in [0.15, 0.2) is 17.6 Å². The van der Waals surface area contributed by atoms with E-state index in [2.05, 4.69) is 25.6 Å². The standard InChI is InChI=1S/C12H12FN5O3S/c13-8-1-2-15-9(17-8)4-14-5-10(19)18-12-16-7(6-22-12)3-11(20)21/h1-2,6,14H,3-5H2,(H,20,21)(H,16,18,19). The largest absolute Gasteiger partial charge is 0.481 e. The van der Waals surface area contributed by atoms with Gasteiger partial charge in [-0.2, -0.15) is 4.39 Å². The molecule has 0 spiro atoms. The van der Waals surface area contributed by atoms with E-state index < -0.39 is 11.9 Å². The van der Waals surface area contributed by atoms with Gasteiger partial charge in [-0.15, -0.1) is 11.3 Å². The lowest BCUT2D eigenvalue weighted by atomic mass is 10.3. The van der Waals surface area contributed by atoms with Crippen LogP contribution in [0.4, 0.5) is 9.52 Å². The molecule has 0 aliphatic rings. The van der Waals surface area contributed by atoms with Crippen molar-refractivity contribution in [1.82, 2.24) is 20.3 Å². The van der Waals surface area contributed by atoms with Crippen molar-refractivity contribution in [2.45, 2.75) is 13.0 Å². The van der Waals surface area contributed by atoms with Gasteiger partial charge >= 0.3 is 5.97 Å². The second-order valence-corrected chi connectivity index (χ2v) is 5.02. The molecule has 0 bridgehead atoms. The highest BCUT2D eigenvalue weighted by Crippen LogP contribution is 2.15. The van der Waals surface area contributed by atoms with Gasteiger partial charge in [-0.1, -0.05) is 0 Å². The molecule has 0 aliphatic carbocycles. The van der Waals surface area contributed by atoms with E-state index in [1.54, 1.807) is 5.38 Å². The zero-order valence-corrected chi connectivity index (χ0v) is 12.1. The Morgan fingerprint density at radius 1 is 1.36 bits per heavy atom. The van der Waals surface area contributed by atoms with E-state index in [4.69, 9.17) is 5.11 Å². The molecule has 10 heteroatoms. The van der Waals surface area contributed by atoms with E-state index in [-0.39, 0.29) is 31.2 Å². The first-order valence-corrected chi connectivity index (χ1v) is 7.05. The number of carbonyl (C=O) groups is 2. The first kappa shape index (κ1) is 15.9. The lowest BCUT2D eigenvalue weighted by Gasteiger charge is -2.03. The Kier molecular flexibility index (Phi) is 5.44. The van der Waals surface area contributed by atoms with E-state index in [1.165, 1.54) is 6.20 Å². The molecule has 8 nitrogen and oxygen atoms in total. The van der Waals surface area contributed by atoms with Gasteiger partial charge in [0.2, 0.25) is 11.9 Å². The molecule has 0 aromatic carbocycles. The zero-order chi connectivity index (χ0) is 15.9. The van der Waals surface area contributed by atoms with E-state index >= 15 is 0 Å². The van der Waals surface area contributed by atoms with Crippen molar-refractivity contribution in [1.29, 1.82) is 0 Å². The number of thiazole rings is 1. The van der Waals surface area contributed by atoms with Crippen LogP contribution in [0, 0.1) is 5.95 Å². The van der Waals surface area contributed by atoms with Crippen molar-refractivity contribution in [3.8, 4) is 0 Å². The van der Waals surface area contributed by atoms with E-state index in [0.717, 1.165) is 17.4 Å². The minimum absolute atomic E-state index is 0.0340. The van der Waals surface area contributed by atoms with E-state index in [9.17, 15) is 14.0 Å². The highest BCUT2D eigenvalue weighted by Gasteiger charge is 2.09. The van der Waals surface area contributed by atoms with Gasteiger partial charge in [-0.05, 0) is 0 Å². The summed E-state index contributed by atoms with van der Waals surface area (Å²) in [6.07, 6.45) is 1.10. The number of carboxylic acids is 1. The summed E-state index contributed by atoms with van der Waals surface area (Å²) in [5, 5.41) is 15.8. The lowest BCUT2D eigenvalue weighted by Crippen LogP contribution is -2.28. The zero-order valence-electron chi connectivity index (χ0n) is 11.2. The van der Waals surface area contributed by atoms with Gasteiger partial charge in [-0.3, -0.25) is 9.59 Å². The summed E-state index contributed by atoms with van der Waals surface area (Å²) < 4.78 is 12.8. The second kappa shape index (κ2) is 7.52. The minimum Gasteiger partial charge on any atom is -0.481 e. The number of aromatic nitrogens is 3. The van der Waals surface area contributed by atoms with Gasteiger partial charge in [0.25, 0.3) is 0 Å². The molecular formula is C12H12FN5O3S. The molecule has 2 aromatic heterocycles. The molecule has 116 valence electrons. The molecule has 0 aliphatic heterocycles. The molecule has 0 radical (unpaired) electrons. The van der Waals surface area contributed by atoms with Crippen LogP contribution >= 0.6 is 11.3 Å². The van der Waals surface area contributed by atoms with E-state index in [0.29, 0.717) is 10.8 Å². The van der Waals surface area contributed by atoms with Crippen LogP contribution in [0.1, 0.15) is 11.5 Å². The number of nitrogens with one attached hydrogen (secondary N) is 2. The summed E-state index contributed by atoms with van der Waals surface area (Å²) in [5.74, 6) is -1.73. The van der Waals surface area contributed by atoms with Gasteiger partial charge in [0.05, 0.1) is 25.2 Å². The second-order valence-electron chi connectivity index (χ2n) is 4.16. The van der Waals surface area contributed by atoms with Crippen LogP contribution < -0.4 is 10.6 Å². The number of aliphatic carboxylic acids is 1. The van der Waals surface area contributed by atoms with Crippen LogP contribution in [0.2, 0.25) is 0 Å². The Balaban J connectivity index is 1.76. The number of carboxylic acid groups (broad SMARTS) is 1. The lowest BCUT2D eigenvalue weighted by molar-refractivity contribution is -0.136. The predicted molar refractivity (Wildman–Crippen MR) is 75.8 cm³/mol. The minimum atomic E-state index is -0.986. The van der Waals surface area contributed by atoms with Gasteiger partial charge in [0, 0.05) is 17.6 Å². The van der Waals surface area contributed by atoms with Crippen molar-refractivity contribution in [3.05, 3.63) is 35.1 Å². The third-order valence-electron chi connectivity index (χ3n) is 2.37. The first-order chi connectivity index (χ1) is 10.5. The van der Waals surface area contributed by atoms with E-state index in [1.807, 2.05) is 0 Å². The Bertz CT molecular complexity index is 678. The van der Waals surface area contributed by atoms with Crippen LogP contribution in [0.25, 0.3) is 0 Å². The molecule has 0 fully saturated rings. The number of hydrogen-bond donors (Lipinski definition) is 3. The Morgan fingerprint density at radius 2 is 2.18 bits per heavy atom. The summed E-state index contributed by atoms with van der Waals surface area (Å²) in [4.78, 5) is 33.6. The third-order valence-corrected chi connectivity index (χ3v) is 3.18. The fourth-order valence-corrected chi connectivity index (χ4v) is 2.24. The molecule has 0 atom stereocenters. The topological polar surface area (TPSA) is 117 Å². The first-order valence-electron chi connectivity index (χ1n) is 6.17. The van der Waals surface area contributed by atoms with Crippen molar-refractivity contribution >= 4 is 28.3 Å². The van der Waals surface area contributed by atoms with Crippen LogP contribution in [0.5, 0.6) is 0 Å². The fraction of sp³-hybridized carbons (Fsp3) is 0.250. The van der Waals surface area contributed by atoms with Crippen LogP contribution in [0.3, 0.4) is 0 Å². The van der Waals surface area contributed by atoms with Gasteiger partial charge in [0.1, 0.15) is 5.82 Å². The molecule has 0 saturated carbocycles. The number of nitrogens with zero attached hydrogens (tertiary/aromatic N) is 3. The maximum atomic E-state index is 12.8. The molecule has 3 N–H and O–H groups in total. The SMILES string of the molecule is O=C(O)Cc1csc(NC(=O)CNCc2nccc(F)n2)n1. The summed E-state index contributed by atoms with van der Waals surface area (Å²) in [7, 11) is 0. The number of amides is 1. The highest BCUT2D eigenvalue weighted by molar-refractivity contribution is 7.13. The van der Waals surface area contributed by atoms with Crippen molar-refractivity contribution in [2.75, 3.05) is 11.9 Å². The third kappa shape index (κ3) is 5.14. The Hall–Kier alpha value is -2.46. The maximum absolute atomic E-state index is 12.8. The number of halogens is 1. The van der Waals surface area contributed by atoms with Crippen LogP contribution in [-0.2, 0) is 22.6 Å². The average Bonchev–Trinajstić information content (AvgIpc) is 2.85. The average molecular weight is 325 g/mol. The fourth-order valence-electron chi connectivity index (χ4n) is 1.51. The van der Waals surface area contributed by atoms with Crippen molar-refractivity contribution in [2.24, 2.45) is 0 Å². The van der Waals surface area contributed by atoms with Gasteiger partial charge in [-0.25, -0.2) is 15.0 Å². The smallest absolute Gasteiger partial charge is 0.309 e. The predicted octanol–water partition coefficient (Wildman–Crippen LogP) is 0.428. The van der Waals surface area contributed by atoms with Crippen LogP contribution in [-0.4, -0.2) is 38.5 Å². The molecule has 1 amide bonds. The normalized spacial score (nSPS) is 10.4. The summed E-state index contributed by atoms with van der Waals surface area (Å²) in [6.45, 7) is 0.112. The number of anilines is 1. The Labute approximate surface area is 128 Å². The number of hydrogen-bond acceptors (Lipinski definition) is 7. The molecule has 2 aromatic rings. The molecular weight excluding hydrogens is 313 g/mol. The quantitative estimate of drug-likeness (QED) is 0.632. The maximum Gasteiger partial charge on any atom is 0.309 e. The van der Waals surface area contributed by atoms with Gasteiger partial charge < -0.3 is 15.7 Å². The Morgan fingerprint density at radius 3 is 2.91 bits per heavy atom. The summed E-state index contributed by atoms with van der Waals surface area (Å²) >= 11 is 1.14. The molecule has 2 heterocycles. The number of rotatable bonds is 7. The molecule has 0 saturated heterocycles. The molecule has 2 rings (SSSR count). The summed E-state index contributed by atoms with van der Waals surface area (Å²) in [5.41, 5.74) is 0.383. The highest BCUT2D eigenvalue weighted by atomic mass is 32.1. The van der Waals surface area contributed by atoms with Gasteiger partial charge in [0.15, 0.2) is 5.13 Å². The monoisotopic (exact) mass is 325 g/mol. The van der Waals surface area contributed by atoms with Crippen molar-refractivity contribution < 1.29 is 19.1 Å². The van der Waals surface area contributed by atoms with Crippen molar-refractivity contribution in [3.63, 3.8) is 0 Å². The summed E-state index contributed by atoms with van der Waals surface area (Å²) in [6, 6.07) is 1.13. The number of carbonyl (C=O) groups excluding carboxylic acids is 1.